The van der Waals surface area contributed by atoms with Gasteiger partial charge >= 0.3 is 12.4 Å². The number of hydrogen-bond donors (Lipinski definition) is 1. The third kappa shape index (κ3) is 3.30. The van der Waals surface area contributed by atoms with E-state index in [4.69, 9.17) is 5.73 Å². The van der Waals surface area contributed by atoms with Gasteiger partial charge in [0.15, 0.2) is 0 Å². The van der Waals surface area contributed by atoms with Crippen molar-refractivity contribution >= 4 is 0 Å². The number of aromatic nitrogens is 1. The second kappa shape index (κ2) is 5.15. The van der Waals surface area contributed by atoms with Crippen LogP contribution in [0.3, 0.4) is 0 Å². The summed E-state index contributed by atoms with van der Waals surface area (Å²) in [5.41, 5.74) is 2.99. The zero-order valence-corrected chi connectivity index (χ0v) is 10.9. The molecule has 8 heteroatoms. The maximum Gasteiger partial charge on any atom is 0.433 e. The Bertz CT molecular complexity index is 487. The fraction of sp³-hybridized carbons (Fsp3) is 0.615. The second-order valence-electron chi connectivity index (χ2n) is 5.39. The molecule has 1 aromatic heterocycles. The van der Waals surface area contributed by atoms with E-state index in [0.29, 0.717) is 5.56 Å². The van der Waals surface area contributed by atoms with E-state index in [2.05, 4.69) is 4.98 Å². The van der Waals surface area contributed by atoms with Crippen LogP contribution in [0.15, 0.2) is 18.3 Å². The summed E-state index contributed by atoms with van der Waals surface area (Å²) in [6, 6.07) is 1.92. The Morgan fingerprint density at radius 1 is 1.14 bits per heavy atom. The van der Waals surface area contributed by atoms with Crippen LogP contribution in [0.25, 0.3) is 0 Å². The number of alkyl halides is 6. The number of nitrogens with two attached hydrogens (primary N) is 1. The maximum absolute atomic E-state index is 12.9. The van der Waals surface area contributed by atoms with Crippen molar-refractivity contribution in [2.24, 2.45) is 11.1 Å². The normalized spacial score (nSPS) is 19.4. The molecule has 118 valence electrons. The summed E-state index contributed by atoms with van der Waals surface area (Å²) in [5.74, 6) is -0.649. The maximum atomic E-state index is 12.9. The molecule has 21 heavy (non-hydrogen) atoms. The molecular weight excluding hydrogens is 298 g/mol. The van der Waals surface area contributed by atoms with E-state index in [1.54, 1.807) is 0 Å². The molecule has 2 nitrogen and oxygen atoms in total. The molecule has 1 saturated carbocycles. The van der Waals surface area contributed by atoms with Crippen LogP contribution in [0.2, 0.25) is 0 Å². The van der Waals surface area contributed by atoms with Crippen LogP contribution in [0.4, 0.5) is 26.3 Å². The lowest BCUT2D eigenvalue weighted by molar-refractivity contribution is -0.190. The lowest BCUT2D eigenvalue weighted by atomic mass is 9.87. The molecule has 0 unspecified atom stereocenters. The highest BCUT2D eigenvalue weighted by Gasteiger charge is 2.63. The number of halogens is 6. The third-order valence-electron chi connectivity index (χ3n) is 3.92. The van der Waals surface area contributed by atoms with E-state index in [1.165, 1.54) is 0 Å². The van der Waals surface area contributed by atoms with Crippen molar-refractivity contribution in [3.05, 3.63) is 29.6 Å². The summed E-state index contributed by atoms with van der Waals surface area (Å²) in [6.07, 6.45) is -8.03. The van der Waals surface area contributed by atoms with Crippen molar-refractivity contribution in [3.63, 3.8) is 0 Å². The molecule has 0 amide bonds. The Morgan fingerprint density at radius 3 is 2.10 bits per heavy atom. The average Bonchev–Trinajstić information content (AvgIpc) is 3.15. The Kier molecular flexibility index (Phi) is 3.94. The molecule has 1 heterocycles. The molecule has 1 fully saturated rings. The van der Waals surface area contributed by atoms with Gasteiger partial charge in [0.25, 0.3) is 0 Å². The minimum atomic E-state index is -4.57. The number of hydrogen-bond acceptors (Lipinski definition) is 2. The Hall–Kier alpha value is -1.31. The molecule has 1 aliphatic carbocycles. The molecule has 1 aromatic rings. The molecule has 0 bridgehead atoms. The van der Waals surface area contributed by atoms with Gasteiger partial charge < -0.3 is 5.73 Å². The van der Waals surface area contributed by atoms with Crippen LogP contribution in [0, 0.1) is 5.41 Å². The predicted molar refractivity (Wildman–Crippen MR) is 63.4 cm³/mol. The van der Waals surface area contributed by atoms with Crippen molar-refractivity contribution < 1.29 is 26.3 Å². The van der Waals surface area contributed by atoms with Crippen LogP contribution < -0.4 is 5.73 Å². The summed E-state index contributed by atoms with van der Waals surface area (Å²) in [5, 5.41) is 0. The summed E-state index contributed by atoms with van der Waals surface area (Å²) < 4.78 is 76.0. The van der Waals surface area contributed by atoms with Gasteiger partial charge in [0.2, 0.25) is 0 Å². The van der Waals surface area contributed by atoms with Crippen LogP contribution in [0.5, 0.6) is 0 Å². The predicted octanol–water partition coefficient (Wildman–Crippen LogP) is 3.88. The lowest BCUT2D eigenvalue weighted by Crippen LogP contribution is -2.28. The summed E-state index contributed by atoms with van der Waals surface area (Å²) in [4.78, 5) is 3.27. The van der Waals surface area contributed by atoms with E-state index in [1.807, 2.05) is 0 Å². The molecule has 0 spiro atoms. The van der Waals surface area contributed by atoms with Crippen molar-refractivity contribution in [1.82, 2.24) is 4.98 Å². The summed E-state index contributed by atoms with van der Waals surface area (Å²) >= 11 is 0. The van der Waals surface area contributed by atoms with Crippen LogP contribution in [-0.4, -0.2) is 17.7 Å². The van der Waals surface area contributed by atoms with Crippen molar-refractivity contribution in [3.8, 4) is 0 Å². The molecule has 1 aliphatic rings. The monoisotopic (exact) mass is 312 g/mol. The number of rotatable bonds is 4. The highest BCUT2D eigenvalue weighted by atomic mass is 19.4. The van der Waals surface area contributed by atoms with Crippen molar-refractivity contribution in [1.29, 1.82) is 0 Å². The highest BCUT2D eigenvalue weighted by molar-refractivity contribution is 5.21. The summed E-state index contributed by atoms with van der Waals surface area (Å²) in [6.45, 7) is -0.0646. The van der Waals surface area contributed by atoms with Crippen LogP contribution >= 0.6 is 0 Å². The Balaban J connectivity index is 2.15. The molecule has 0 aromatic carbocycles. The van der Waals surface area contributed by atoms with E-state index in [9.17, 15) is 26.3 Å². The van der Waals surface area contributed by atoms with Crippen molar-refractivity contribution in [2.75, 3.05) is 6.54 Å². The Labute approximate surface area is 117 Å². The molecular formula is C13H14F6N2. The highest BCUT2D eigenvalue weighted by Crippen LogP contribution is 2.61. The fourth-order valence-electron chi connectivity index (χ4n) is 2.38. The number of pyridine rings is 1. The molecule has 1 atom stereocenters. The van der Waals surface area contributed by atoms with Gasteiger partial charge in [-0.1, -0.05) is 6.07 Å². The molecule has 0 saturated heterocycles. The fourth-order valence-corrected chi connectivity index (χ4v) is 2.38. The largest absolute Gasteiger partial charge is 0.433 e. The zero-order chi connectivity index (χ0) is 15.9. The standard InChI is InChI=1S/C13H14F6N2/c14-12(15,16)10-2-1-8(7-21-10)9(6-20)5-11(3-4-11)13(17,18)19/h1-2,7,9H,3-6,20H2/t9-/m1/s1. The van der Waals surface area contributed by atoms with Crippen LogP contribution in [0.1, 0.15) is 36.4 Å². The van der Waals surface area contributed by atoms with Crippen LogP contribution in [-0.2, 0) is 6.18 Å². The van der Waals surface area contributed by atoms with Gasteiger partial charge in [-0.05, 0) is 43.4 Å². The molecule has 2 rings (SSSR count). The lowest BCUT2D eigenvalue weighted by Gasteiger charge is -2.24. The first-order valence-electron chi connectivity index (χ1n) is 6.39. The van der Waals surface area contributed by atoms with E-state index < -0.39 is 29.4 Å². The second-order valence-corrected chi connectivity index (χ2v) is 5.39. The van der Waals surface area contributed by atoms with Gasteiger partial charge in [0, 0.05) is 6.20 Å². The van der Waals surface area contributed by atoms with Crippen molar-refractivity contribution in [2.45, 2.75) is 37.5 Å². The SMILES string of the molecule is NC[C@@H](CC1(C(F)(F)F)CC1)c1ccc(C(F)(F)F)nc1. The molecule has 2 N–H and O–H groups in total. The Morgan fingerprint density at radius 2 is 1.76 bits per heavy atom. The first-order valence-corrected chi connectivity index (χ1v) is 6.39. The quantitative estimate of drug-likeness (QED) is 0.857. The van der Waals surface area contributed by atoms with Gasteiger partial charge in [0.05, 0.1) is 5.41 Å². The van der Waals surface area contributed by atoms with E-state index in [0.717, 1.165) is 18.3 Å². The average molecular weight is 312 g/mol. The first kappa shape index (κ1) is 16.1. The van der Waals surface area contributed by atoms with Gasteiger partial charge in [-0.2, -0.15) is 26.3 Å². The van der Waals surface area contributed by atoms with Gasteiger partial charge in [-0.3, -0.25) is 4.98 Å². The topological polar surface area (TPSA) is 38.9 Å². The van der Waals surface area contributed by atoms with E-state index >= 15 is 0 Å². The number of nitrogens with zero attached hydrogens (tertiary/aromatic N) is 1. The van der Waals surface area contributed by atoms with Gasteiger partial charge in [-0.25, -0.2) is 0 Å². The molecule has 0 aliphatic heterocycles. The van der Waals surface area contributed by atoms with Gasteiger partial charge in [0.1, 0.15) is 5.69 Å². The van der Waals surface area contributed by atoms with E-state index in [-0.39, 0.29) is 25.8 Å². The zero-order valence-electron chi connectivity index (χ0n) is 10.9. The minimum absolute atomic E-state index is 0.0427. The van der Waals surface area contributed by atoms with Gasteiger partial charge in [-0.15, -0.1) is 0 Å². The summed E-state index contributed by atoms with van der Waals surface area (Å²) in [7, 11) is 0. The molecule has 0 radical (unpaired) electrons. The smallest absolute Gasteiger partial charge is 0.330 e. The first-order chi connectivity index (χ1) is 9.59. The minimum Gasteiger partial charge on any atom is -0.330 e. The third-order valence-corrected chi connectivity index (χ3v) is 3.92.